The number of quaternary nitrogens is 1. The number of hydrogen-bond acceptors (Lipinski definition) is 4. The molecule has 2 aromatic rings. The summed E-state index contributed by atoms with van der Waals surface area (Å²) in [6, 6.07) is 16.9. The Kier molecular flexibility index (Phi) is 6.32. The average Bonchev–Trinajstić information content (AvgIpc) is 3.60. The Morgan fingerprint density at radius 1 is 1.10 bits per heavy atom. The van der Waals surface area contributed by atoms with Crippen LogP contribution in [0.25, 0.3) is 0 Å². The minimum atomic E-state index is 0.0690. The zero-order chi connectivity index (χ0) is 20.1. The fraction of sp³-hybridized carbons (Fsp3) is 0.435. The number of carbonyl (C=O) groups is 1. The zero-order valence-corrected chi connectivity index (χ0v) is 17.0. The molecule has 1 saturated carbocycles. The molecule has 1 atom stereocenters. The first-order chi connectivity index (χ1) is 14.2. The predicted octanol–water partition coefficient (Wildman–Crippen LogP) is 1.72. The topological polar surface area (TPSA) is 55.2 Å². The monoisotopic (exact) mass is 396 g/mol. The fourth-order valence-electron chi connectivity index (χ4n) is 3.84. The highest BCUT2D eigenvalue weighted by molar-refractivity contribution is 5.91. The Balaban J connectivity index is 1.32. The molecule has 4 rings (SSSR count). The van der Waals surface area contributed by atoms with Crippen LogP contribution in [0.5, 0.6) is 5.75 Å². The van der Waals surface area contributed by atoms with Gasteiger partial charge in [0, 0.05) is 42.9 Å². The van der Waals surface area contributed by atoms with E-state index in [-0.39, 0.29) is 5.91 Å². The summed E-state index contributed by atoms with van der Waals surface area (Å²) in [6.07, 6.45) is 2.40. The Morgan fingerprint density at radius 2 is 1.79 bits per heavy atom. The number of benzene rings is 2. The number of carbonyl (C=O) groups excluding carboxylic acids is 1. The molecule has 0 radical (unpaired) electrons. The Bertz CT molecular complexity index is 797. The van der Waals surface area contributed by atoms with Gasteiger partial charge >= 0.3 is 0 Å². The third kappa shape index (κ3) is 5.49. The van der Waals surface area contributed by atoms with E-state index in [0.717, 1.165) is 44.3 Å². The van der Waals surface area contributed by atoms with Crippen LogP contribution in [0.3, 0.4) is 0 Å². The van der Waals surface area contributed by atoms with E-state index in [9.17, 15) is 4.79 Å². The SMILES string of the molecule is COc1ccc(C[NH+](CC(=O)Nc2ccc(N3CCOCC3)cc2)C2CC2)cc1. The van der Waals surface area contributed by atoms with Crippen molar-refractivity contribution in [2.24, 2.45) is 0 Å². The van der Waals surface area contributed by atoms with Gasteiger partial charge in [-0.2, -0.15) is 0 Å². The summed E-state index contributed by atoms with van der Waals surface area (Å²) in [4.78, 5) is 16.3. The van der Waals surface area contributed by atoms with Gasteiger partial charge in [-0.05, 0) is 48.5 Å². The molecule has 2 aromatic carbocycles. The molecule has 1 aliphatic heterocycles. The number of nitrogens with zero attached hydrogens (tertiary/aromatic N) is 1. The van der Waals surface area contributed by atoms with Gasteiger partial charge < -0.3 is 24.6 Å². The fourth-order valence-corrected chi connectivity index (χ4v) is 3.84. The van der Waals surface area contributed by atoms with Crippen molar-refractivity contribution in [3.8, 4) is 5.75 Å². The largest absolute Gasteiger partial charge is 0.497 e. The predicted molar refractivity (Wildman–Crippen MR) is 114 cm³/mol. The number of methoxy groups -OCH3 is 1. The molecule has 1 aliphatic carbocycles. The van der Waals surface area contributed by atoms with Crippen LogP contribution in [0.4, 0.5) is 11.4 Å². The van der Waals surface area contributed by atoms with Crippen molar-refractivity contribution in [2.45, 2.75) is 25.4 Å². The van der Waals surface area contributed by atoms with E-state index in [1.165, 1.54) is 29.0 Å². The van der Waals surface area contributed by atoms with E-state index < -0.39 is 0 Å². The molecule has 1 saturated heterocycles. The van der Waals surface area contributed by atoms with E-state index in [2.05, 4.69) is 34.5 Å². The number of hydrogen-bond donors (Lipinski definition) is 2. The highest BCUT2D eigenvalue weighted by Crippen LogP contribution is 2.19. The van der Waals surface area contributed by atoms with E-state index in [0.29, 0.717) is 12.6 Å². The highest BCUT2D eigenvalue weighted by atomic mass is 16.5. The van der Waals surface area contributed by atoms with Crippen LogP contribution >= 0.6 is 0 Å². The second-order valence-corrected chi connectivity index (χ2v) is 7.83. The third-order valence-corrected chi connectivity index (χ3v) is 5.66. The molecule has 1 amide bonds. The van der Waals surface area contributed by atoms with Gasteiger partial charge in [-0.1, -0.05) is 0 Å². The summed E-state index contributed by atoms with van der Waals surface area (Å²) in [6.45, 7) is 4.71. The molecule has 0 spiro atoms. The van der Waals surface area contributed by atoms with Gasteiger partial charge in [0.15, 0.2) is 6.54 Å². The maximum Gasteiger partial charge on any atom is 0.279 e. The Hall–Kier alpha value is -2.57. The van der Waals surface area contributed by atoms with Crippen LogP contribution in [0, 0.1) is 0 Å². The van der Waals surface area contributed by atoms with Crippen LogP contribution in [0.1, 0.15) is 18.4 Å². The van der Waals surface area contributed by atoms with Crippen LogP contribution in [-0.2, 0) is 16.1 Å². The first-order valence-corrected chi connectivity index (χ1v) is 10.4. The van der Waals surface area contributed by atoms with Gasteiger partial charge in [0.05, 0.1) is 26.4 Å². The molecule has 1 unspecified atom stereocenters. The Labute approximate surface area is 172 Å². The number of morpholine rings is 1. The van der Waals surface area contributed by atoms with E-state index in [1.807, 2.05) is 24.3 Å². The number of rotatable bonds is 8. The average molecular weight is 397 g/mol. The summed E-state index contributed by atoms with van der Waals surface area (Å²) in [5, 5.41) is 3.07. The van der Waals surface area contributed by atoms with Crippen molar-refractivity contribution in [1.29, 1.82) is 0 Å². The lowest BCUT2D eigenvalue weighted by Gasteiger charge is -2.28. The standard InChI is InChI=1S/C23H29N3O3/c1-28-22-10-2-18(3-11-22)16-26(21-8-9-21)17-23(27)24-19-4-6-20(7-5-19)25-12-14-29-15-13-25/h2-7,10-11,21H,8-9,12-17H2,1H3,(H,24,27)/p+1. The van der Waals surface area contributed by atoms with Crippen molar-refractivity contribution in [2.75, 3.05) is 50.2 Å². The van der Waals surface area contributed by atoms with E-state index in [1.54, 1.807) is 7.11 Å². The van der Waals surface area contributed by atoms with Crippen LogP contribution in [0.2, 0.25) is 0 Å². The van der Waals surface area contributed by atoms with Gasteiger partial charge in [-0.25, -0.2) is 0 Å². The molecule has 0 aromatic heterocycles. The molecule has 2 fully saturated rings. The molecule has 0 bridgehead atoms. The van der Waals surface area contributed by atoms with Crippen LogP contribution < -0.4 is 19.9 Å². The minimum Gasteiger partial charge on any atom is -0.497 e. The third-order valence-electron chi connectivity index (χ3n) is 5.66. The second kappa shape index (κ2) is 9.29. The molecular formula is C23H30N3O3+. The van der Waals surface area contributed by atoms with Crippen molar-refractivity contribution in [1.82, 2.24) is 0 Å². The van der Waals surface area contributed by atoms with Crippen molar-refractivity contribution < 1.29 is 19.2 Å². The molecule has 6 heteroatoms. The summed E-state index contributed by atoms with van der Waals surface area (Å²) in [7, 11) is 1.68. The molecule has 2 aliphatic rings. The molecule has 29 heavy (non-hydrogen) atoms. The first-order valence-electron chi connectivity index (χ1n) is 10.4. The normalized spacial score (nSPS) is 17.6. The van der Waals surface area contributed by atoms with Gasteiger partial charge in [0.2, 0.25) is 0 Å². The highest BCUT2D eigenvalue weighted by Gasteiger charge is 2.34. The summed E-state index contributed by atoms with van der Waals surface area (Å²) in [5.74, 6) is 0.930. The molecular weight excluding hydrogens is 366 g/mol. The van der Waals surface area contributed by atoms with Crippen LogP contribution in [0.15, 0.2) is 48.5 Å². The molecule has 154 valence electrons. The zero-order valence-electron chi connectivity index (χ0n) is 17.0. The Morgan fingerprint density at radius 3 is 2.41 bits per heavy atom. The van der Waals surface area contributed by atoms with Gasteiger partial charge in [0.25, 0.3) is 5.91 Å². The summed E-state index contributed by atoms with van der Waals surface area (Å²) < 4.78 is 10.6. The van der Waals surface area contributed by atoms with Crippen molar-refractivity contribution >= 4 is 17.3 Å². The lowest BCUT2D eigenvalue weighted by molar-refractivity contribution is -0.916. The summed E-state index contributed by atoms with van der Waals surface area (Å²) in [5.41, 5.74) is 3.26. The lowest BCUT2D eigenvalue weighted by atomic mass is 10.2. The smallest absolute Gasteiger partial charge is 0.279 e. The number of ether oxygens (including phenoxy) is 2. The maximum absolute atomic E-state index is 12.7. The first kappa shape index (κ1) is 19.7. The van der Waals surface area contributed by atoms with Gasteiger partial charge in [-0.15, -0.1) is 0 Å². The second-order valence-electron chi connectivity index (χ2n) is 7.83. The molecule has 1 heterocycles. The molecule has 2 N–H and O–H groups in total. The minimum absolute atomic E-state index is 0.0690. The van der Waals surface area contributed by atoms with Crippen molar-refractivity contribution in [3.63, 3.8) is 0 Å². The van der Waals surface area contributed by atoms with E-state index >= 15 is 0 Å². The van der Waals surface area contributed by atoms with Gasteiger partial charge in [-0.3, -0.25) is 4.79 Å². The van der Waals surface area contributed by atoms with Crippen molar-refractivity contribution in [3.05, 3.63) is 54.1 Å². The number of amides is 1. The maximum atomic E-state index is 12.7. The summed E-state index contributed by atoms with van der Waals surface area (Å²) >= 11 is 0. The van der Waals surface area contributed by atoms with E-state index in [4.69, 9.17) is 9.47 Å². The van der Waals surface area contributed by atoms with Gasteiger partial charge in [0.1, 0.15) is 12.3 Å². The number of nitrogens with one attached hydrogen (secondary N) is 2. The van der Waals surface area contributed by atoms with Crippen LogP contribution in [-0.4, -0.2) is 51.9 Å². The lowest BCUT2D eigenvalue weighted by Crippen LogP contribution is -3.13. The number of anilines is 2. The quantitative estimate of drug-likeness (QED) is 0.714. The molecule has 6 nitrogen and oxygen atoms in total.